The van der Waals surface area contributed by atoms with Gasteiger partial charge in [-0.25, -0.2) is 0 Å². The third kappa shape index (κ3) is 6.39. The van der Waals surface area contributed by atoms with Gasteiger partial charge in [-0.15, -0.1) is 0 Å². The summed E-state index contributed by atoms with van der Waals surface area (Å²) in [6.45, 7) is 0.914. The topological polar surface area (TPSA) is 96.6 Å². The molecule has 3 aromatic carbocycles. The van der Waals surface area contributed by atoms with Gasteiger partial charge in [-0.3, -0.25) is 4.79 Å². The third-order valence-electron chi connectivity index (χ3n) is 4.32. The van der Waals surface area contributed by atoms with Crippen molar-refractivity contribution in [2.24, 2.45) is 0 Å². The van der Waals surface area contributed by atoms with E-state index in [2.05, 4.69) is 10.6 Å². The van der Waals surface area contributed by atoms with Crippen LogP contribution < -0.4 is 21.1 Å². The molecule has 0 aliphatic heterocycles. The predicted octanol–water partition coefficient (Wildman–Crippen LogP) is 3.90. The lowest BCUT2D eigenvalue weighted by atomic mass is 10.1. The first-order chi connectivity index (χ1) is 14.6. The van der Waals surface area contributed by atoms with Crippen molar-refractivity contribution in [1.82, 2.24) is 0 Å². The Kier molecular flexibility index (Phi) is 7.46. The largest absolute Gasteiger partial charge is 0.491 e. The number of nitrogens with one attached hydrogen (secondary N) is 2. The molecule has 0 aliphatic rings. The van der Waals surface area contributed by atoms with E-state index in [0.29, 0.717) is 23.7 Å². The van der Waals surface area contributed by atoms with Gasteiger partial charge in [0.2, 0.25) is 5.91 Å². The molecule has 0 saturated carbocycles. The highest BCUT2D eigenvalue weighted by Gasteiger charge is 2.01. The average Bonchev–Trinajstić information content (AvgIpc) is 2.77. The maximum absolute atomic E-state index is 12.1. The van der Waals surface area contributed by atoms with E-state index in [9.17, 15) is 4.79 Å². The number of para-hydroxylation sites is 2. The average molecular weight is 403 g/mol. The van der Waals surface area contributed by atoms with Crippen molar-refractivity contribution in [3.05, 3.63) is 90.0 Å². The fourth-order valence-corrected chi connectivity index (χ4v) is 2.77. The fraction of sp³-hybridized carbons (Fsp3) is 0.125. The Morgan fingerprint density at radius 1 is 1.03 bits per heavy atom. The minimum absolute atomic E-state index is 0.0135. The summed E-state index contributed by atoms with van der Waals surface area (Å²) in [6.07, 6.45) is 3.24. The minimum Gasteiger partial charge on any atom is -0.491 e. The number of nitrogens with two attached hydrogens (primary N) is 1. The van der Waals surface area contributed by atoms with Crippen LogP contribution in [0.15, 0.2) is 78.9 Å². The van der Waals surface area contributed by atoms with Gasteiger partial charge < -0.3 is 26.2 Å². The molecule has 0 aliphatic carbocycles. The number of carbonyl (C=O) groups excluding carboxylic acids is 1. The second kappa shape index (κ2) is 10.7. The highest BCUT2D eigenvalue weighted by molar-refractivity contribution is 6.03. The molecule has 5 N–H and O–H groups in total. The van der Waals surface area contributed by atoms with Gasteiger partial charge in [0.15, 0.2) is 0 Å². The Morgan fingerprint density at radius 3 is 2.60 bits per heavy atom. The van der Waals surface area contributed by atoms with Crippen molar-refractivity contribution in [3.8, 4) is 5.75 Å². The van der Waals surface area contributed by atoms with Crippen LogP contribution in [0.2, 0.25) is 0 Å². The highest BCUT2D eigenvalue weighted by atomic mass is 16.5. The molecule has 0 fully saturated rings. The van der Waals surface area contributed by atoms with Crippen LogP contribution in [0.25, 0.3) is 6.08 Å². The van der Waals surface area contributed by atoms with E-state index in [-0.39, 0.29) is 19.1 Å². The van der Waals surface area contributed by atoms with Gasteiger partial charge in [-0.1, -0.05) is 42.5 Å². The standard InChI is InChI=1S/C24H25N3O3/c25-22-6-1-2-7-23(22)27-24(29)13-12-18-8-10-19(11-9-18)17-26-20-4-3-5-21(16-20)30-15-14-28/h1-13,16,26,28H,14-15,17,25H2,(H,27,29)/b13-12+. The Bertz CT molecular complexity index is 1000. The molecule has 0 heterocycles. The van der Waals surface area contributed by atoms with Crippen molar-refractivity contribution in [2.75, 3.05) is 29.6 Å². The number of rotatable bonds is 9. The lowest BCUT2D eigenvalue weighted by Gasteiger charge is -2.09. The zero-order valence-electron chi connectivity index (χ0n) is 16.5. The van der Waals surface area contributed by atoms with Crippen LogP contribution in [0.3, 0.4) is 0 Å². The number of hydrogen-bond donors (Lipinski definition) is 4. The molecule has 0 saturated heterocycles. The fourth-order valence-electron chi connectivity index (χ4n) is 2.77. The van der Waals surface area contributed by atoms with E-state index in [1.54, 1.807) is 18.2 Å². The number of ether oxygens (including phenoxy) is 1. The van der Waals surface area contributed by atoms with Gasteiger partial charge in [-0.05, 0) is 41.5 Å². The van der Waals surface area contributed by atoms with Gasteiger partial charge in [0.25, 0.3) is 0 Å². The van der Waals surface area contributed by atoms with Crippen LogP contribution in [0.4, 0.5) is 17.1 Å². The quantitative estimate of drug-likeness (QED) is 0.321. The molecule has 0 aromatic heterocycles. The van der Waals surface area contributed by atoms with Gasteiger partial charge in [0.05, 0.1) is 18.0 Å². The molecule has 0 radical (unpaired) electrons. The summed E-state index contributed by atoms with van der Waals surface area (Å²) in [5.41, 5.74) is 9.93. The maximum Gasteiger partial charge on any atom is 0.248 e. The summed E-state index contributed by atoms with van der Waals surface area (Å²) < 4.78 is 5.42. The summed E-state index contributed by atoms with van der Waals surface area (Å²) in [4.78, 5) is 12.1. The summed E-state index contributed by atoms with van der Waals surface area (Å²) in [6, 6.07) is 22.7. The first-order valence-electron chi connectivity index (χ1n) is 9.64. The summed E-state index contributed by atoms with van der Waals surface area (Å²) in [5, 5.41) is 15.0. The molecule has 1 amide bonds. The summed E-state index contributed by atoms with van der Waals surface area (Å²) in [7, 11) is 0. The molecule has 0 spiro atoms. The van der Waals surface area contributed by atoms with Gasteiger partial charge in [0, 0.05) is 24.4 Å². The van der Waals surface area contributed by atoms with Gasteiger partial charge in [0.1, 0.15) is 12.4 Å². The molecule has 6 heteroatoms. The van der Waals surface area contributed by atoms with E-state index in [1.807, 2.05) is 60.7 Å². The molecule has 0 bridgehead atoms. The number of aliphatic hydroxyl groups is 1. The lowest BCUT2D eigenvalue weighted by Crippen LogP contribution is -2.09. The van der Waals surface area contributed by atoms with Crippen LogP contribution in [-0.4, -0.2) is 24.2 Å². The van der Waals surface area contributed by atoms with Crippen molar-refractivity contribution < 1.29 is 14.6 Å². The first kappa shape index (κ1) is 21.0. The molecule has 3 aromatic rings. The van der Waals surface area contributed by atoms with E-state index in [4.69, 9.17) is 15.6 Å². The second-order valence-corrected chi connectivity index (χ2v) is 6.60. The smallest absolute Gasteiger partial charge is 0.248 e. The van der Waals surface area contributed by atoms with Crippen LogP contribution in [0.1, 0.15) is 11.1 Å². The molecule has 0 unspecified atom stereocenters. The van der Waals surface area contributed by atoms with E-state index < -0.39 is 0 Å². The zero-order chi connectivity index (χ0) is 21.2. The first-order valence-corrected chi connectivity index (χ1v) is 9.64. The number of benzene rings is 3. The predicted molar refractivity (Wildman–Crippen MR) is 121 cm³/mol. The number of hydrogen-bond acceptors (Lipinski definition) is 5. The lowest BCUT2D eigenvalue weighted by molar-refractivity contribution is -0.111. The zero-order valence-corrected chi connectivity index (χ0v) is 16.5. The molecular formula is C24H25N3O3. The molecule has 0 atom stereocenters. The van der Waals surface area contributed by atoms with Crippen molar-refractivity contribution >= 4 is 29.0 Å². The third-order valence-corrected chi connectivity index (χ3v) is 4.32. The highest BCUT2D eigenvalue weighted by Crippen LogP contribution is 2.19. The molecule has 6 nitrogen and oxygen atoms in total. The molecular weight excluding hydrogens is 378 g/mol. The van der Waals surface area contributed by atoms with Crippen molar-refractivity contribution in [2.45, 2.75) is 6.54 Å². The summed E-state index contributed by atoms with van der Waals surface area (Å²) in [5.74, 6) is 0.479. The Labute approximate surface area is 176 Å². The van der Waals surface area contributed by atoms with Crippen LogP contribution in [0, 0.1) is 0 Å². The monoisotopic (exact) mass is 403 g/mol. The molecule has 30 heavy (non-hydrogen) atoms. The number of anilines is 3. The van der Waals surface area contributed by atoms with E-state index in [1.165, 1.54) is 6.08 Å². The number of nitrogen functional groups attached to an aromatic ring is 1. The Balaban J connectivity index is 1.52. The second-order valence-electron chi connectivity index (χ2n) is 6.60. The SMILES string of the molecule is Nc1ccccc1NC(=O)/C=C/c1ccc(CNc2cccc(OCCO)c2)cc1. The van der Waals surface area contributed by atoms with Gasteiger partial charge in [-0.2, -0.15) is 0 Å². The van der Waals surface area contributed by atoms with Crippen molar-refractivity contribution in [3.63, 3.8) is 0 Å². The number of amides is 1. The minimum atomic E-state index is -0.234. The van der Waals surface area contributed by atoms with E-state index in [0.717, 1.165) is 16.8 Å². The normalized spacial score (nSPS) is 10.7. The van der Waals surface area contributed by atoms with Crippen LogP contribution >= 0.6 is 0 Å². The van der Waals surface area contributed by atoms with Crippen molar-refractivity contribution in [1.29, 1.82) is 0 Å². The number of carbonyl (C=O) groups is 1. The maximum atomic E-state index is 12.1. The van der Waals surface area contributed by atoms with Crippen LogP contribution in [-0.2, 0) is 11.3 Å². The van der Waals surface area contributed by atoms with Crippen LogP contribution in [0.5, 0.6) is 5.75 Å². The summed E-state index contributed by atoms with van der Waals surface area (Å²) >= 11 is 0. The number of aliphatic hydroxyl groups excluding tert-OH is 1. The van der Waals surface area contributed by atoms with Gasteiger partial charge >= 0.3 is 0 Å². The molecule has 154 valence electrons. The molecule has 3 rings (SSSR count). The Hall–Kier alpha value is -3.77. The van der Waals surface area contributed by atoms with E-state index >= 15 is 0 Å². The Morgan fingerprint density at radius 2 is 1.83 bits per heavy atom.